The van der Waals surface area contributed by atoms with Crippen LogP contribution in [0.4, 0.5) is 0 Å². The number of benzene rings is 1. The first-order valence-corrected chi connectivity index (χ1v) is 16.3. The highest BCUT2D eigenvalue weighted by Crippen LogP contribution is 2.63. The molecule has 0 radical (unpaired) electrons. The highest BCUT2D eigenvalue weighted by atomic mass is 28.3. The van der Waals surface area contributed by atoms with Crippen LogP contribution in [0.2, 0.25) is 44.8 Å². The number of fused-ring (bicyclic) bond motifs is 2. The predicted molar refractivity (Wildman–Crippen MR) is 105 cm³/mol. The van der Waals surface area contributed by atoms with E-state index in [0.29, 0.717) is 0 Å². The van der Waals surface area contributed by atoms with Crippen LogP contribution in [0.25, 0.3) is 0 Å². The summed E-state index contributed by atoms with van der Waals surface area (Å²) in [6.07, 6.45) is 4.54. The second-order valence-corrected chi connectivity index (χ2v) is 20.5. The first-order valence-electron chi connectivity index (χ1n) is 9.20. The van der Waals surface area contributed by atoms with Gasteiger partial charge in [0.05, 0.1) is 8.07 Å². The Morgan fingerprint density at radius 3 is 2.14 bits per heavy atom. The third-order valence-electron chi connectivity index (χ3n) is 6.38. The van der Waals surface area contributed by atoms with E-state index in [1.165, 1.54) is 19.3 Å². The van der Waals surface area contributed by atoms with Gasteiger partial charge in [-0.25, -0.2) is 0 Å². The molecule has 0 aliphatic heterocycles. The Hall–Kier alpha value is -0.346. The summed E-state index contributed by atoms with van der Waals surface area (Å²) in [5.74, 6) is 2.90. The van der Waals surface area contributed by atoms with E-state index in [0.717, 1.165) is 23.3 Å². The third-order valence-corrected chi connectivity index (χ3v) is 11.3. The van der Waals surface area contributed by atoms with Crippen LogP contribution in [0.5, 0.6) is 0 Å². The van der Waals surface area contributed by atoms with Gasteiger partial charge < -0.3 is 0 Å². The lowest BCUT2D eigenvalue weighted by Gasteiger charge is -2.42. The average molecular weight is 331 g/mol. The summed E-state index contributed by atoms with van der Waals surface area (Å²) in [5, 5.41) is 1.76. The number of hydrogen-bond acceptors (Lipinski definition) is 0. The van der Waals surface area contributed by atoms with Crippen molar-refractivity contribution in [1.29, 1.82) is 0 Å². The van der Waals surface area contributed by atoms with Gasteiger partial charge in [-0.15, -0.1) is 0 Å². The zero-order valence-corrected chi connectivity index (χ0v) is 17.7. The summed E-state index contributed by atoms with van der Waals surface area (Å²) in [5.41, 5.74) is 4.41. The van der Waals surface area contributed by atoms with Gasteiger partial charge in [0.15, 0.2) is 0 Å². The maximum Gasteiger partial charge on any atom is 0.0779 e. The lowest BCUT2D eigenvalue weighted by molar-refractivity contribution is 0.411. The maximum absolute atomic E-state index is 2.62. The molecule has 0 saturated heterocycles. The van der Waals surface area contributed by atoms with Crippen molar-refractivity contribution in [3.8, 4) is 0 Å². The number of hydrogen-bond donors (Lipinski definition) is 0. The van der Waals surface area contributed by atoms with Crippen molar-refractivity contribution in [2.45, 2.75) is 76.9 Å². The third kappa shape index (κ3) is 2.67. The van der Waals surface area contributed by atoms with Gasteiger partial charge in [0.1, 0.15) is 0 Å². The van der Waals surface area contributed by atoms with Crippen LogP contribution < -0.4 is 5.19 Å². The smallest absolute Gasteiger partial charge is 0.0693 e. The van der Waals surface area contributed by atoms with E-state index < -0.39 is 16.1 Å². The van der Waals surface area contributed by atoms with Crippen LogP contribution in [0, 0.1) is 18.8 Å². The number of rotatable bonds is 3. The number of aryl methyl sites for hydroxylation is 1. The van der Waals surface area contributed by atoms with Crippen LogP contribution in [-0.4, -0.2) is 16.1 Å². The van der Waals surface area contributed by atoms with Crippen LogP contribution in [-0.2, 0) is 0 Å². The lowest BCUT2D eigenvalue weighted by Crippen LogP contribution is -2.44. The minimum absolute atomic E-state index is 0.883. The van der Waals surface area contributed by atoms with Gasteiger partial charge in [0.25, 0.3) is 0 Å². The average Bonchev–Trinajstić information content (AvgIpc) is 2.96. The molecule has 1 aromatic rings. The highest BCUT2D eigenvalue weighted by molar-refractivity contribution is 6.89. The standard InChI is InChI=1S/C20H34Si2/c1-14-9-8-10-17(21(2,3)4)18(14)19-15-11-12-16(13-15)20(19)22(5,6)7/h8-10,15-16,19-20H,11-13H2,1-7H3/t15-,16+,19-,20-/m0/s1. The molecule has 2 heteroatoms. The minimum atomic E-state index is -1.28. The fourth-order valence-electron chi connectivity index (χ4n) is 5.73. The fraction of sp³-hybridized carbons (Fsp3) is 0.700. The van der Waals surface area contributed by atoms with E-state index in [9.17, 15) is 0 Å². The molecule has 3 rings (SSSR count). The second kappa shape index (κ2) is 5.34. The van der Waals surface area contributed by atoms with Gasteiger partial charge in [-0.05, 0) is 54.2 Å². The Kier molecular flexibility index (Phi) is 4.01. The summed E-state index contributed by atoms with van der Waals surface area (Å²) in [4.78, 5) is 0. The van der Waals surface area contributed by atoms with E-state index in [1.807, 2.05) is 0 Å². The van der Waals surface area contributed by atoms with Gasteiger partial charge in [-0.2, -0.15) is 0 Å². The van der Waals surface area contributed by atoms with Gasteiger partial charge in [-0.1, -0.05) is 69.1 Å². The zero-order valence-electron chi connectivity index (χ0n) is 15.7. The quantitative estimate of drug-likeness (QED) is 0.618. The van der Waals surface area contributed by atoms with Crippen molar-refractivity contribution in [2.75, 3.05) is 0 Å². The largest absolute Gasteiger partial charge is 0.0779 e. The zero-order chi connectivity index (χ0) is 16.3. The van der Waals surface area contributed by atoms with E-state index >= 15 is 0 Å². The van der Waals surface area contributed by atoms with E-state index in [1.54, 1.807) is 16.3 Å². The molecule has 1 aromatic carbocycles. The summed E-state index contributed by atoms with van der Waals surface area (Å²) < 4.78 is 0. The first-order chi connectivity index (χ1) is 10.1. The molecule has 0 nitrogen and oxygen atoms in total. The van der Waals surface area contributed by atoms with Crippen molar-refractivity contribution in [2.24, 2.45) is 11.8 Å². The molecule has 2 aliphatic carbocycles. The monoisotopic (exact) mass is 330 g/mol. The van der Waals surface area contributed by atoms with Crippen molar-refractivity contribution in [3.05, 3.63) is 29.3 Å². The molecule has 2 bridgehead atoms. The highest BCUT2D eigenvalue weighted by Gasteiger charge is 2.53. The van der Waals surface area contributed by atoms with Crippen molar-refractivity contribution in [3.63, 3.8) is 0 Å². The van der Waals surface area contributed by atoms with E-state index in [2.05, 4.69) is 64.4 Å². The van der Waals surface area contributed by atoms with Crippen LogP contribution >= 0.6 is 0 Å². The van der Waals surface area contributed by atoms with Crippen LogP contribution in [0.15, 0.2) is 18.2 Å². The molecule has 2 saturated carbocycles. The molecular weight excluding hydrogens is 296 g/mol. The minimum Gasteiger partial charge on any atom is -0.0693 e. The molecule has 2 aliphatic rings. The van der Waals surface area contributed by atoms with E-state index in [4.69, 9.17) is 0 Å². The van der Waals surface area contributed by atoms with Crippen LogP contribution in [0.3, 0.4) is 0 Å². The fourth-order valence-corrected chi connectivity index (χ4v) is 10.7. The van der Waals surface area contributed by atoms with Gasteiger partial charge in [-0.3, -0.25) is 0 Å². The Balaban J connectivity index is 2.14. The molecule has 2 fully saturated rings. The Morgan fingerprint density at radius 2 is 1.55 bits per heavy atom. The Bertz CT molecular complexity index is 562. The second-order valence-electron chi connectivity index (χ2n) is 10.0. The predicted octanol–water partition coefficient (Wildman–Crippen LogP) is 5.76. The molecule has 0 amide bonds. The summed E-state index contributed by atoms with van der Waals surface area (Å²) in [7, 11) is -2.39. The van der Waals surface area contributed by atoms with Gasteiger partial charge in [0, 0.05) is 8.07 Å². The SMILES string of the molecule is Cc1cccc([Si](C)(C)C)c1[C@@H]1[C@H]2CC[C@H](C2)[C@@H]1[Si](C)(C)C. The molecule has 122 valence electrons. The van der Waals surface area contributed by atoms with E-state index in [-0.39, 0.29) is 0 Å². The molecule has 0 heterocycles. The van der Waals surface area contributed by atoms with Gasteiger partial charge in [0.2, 0.25) is 0 Å². The van der Waals surface area contributed by atoms with Gasteiger partial charge >= 0.3 is 0 Å². The molecule has 0 N–H and O–H groups in total. The normalized spacial score (nSPS) is 31.8. The first kappa shape index (κ1) is 16.5. The van der Waals surface area contributed by atoms with Crippen LogP contribution in [0.1, 0.15) is 36.3 Å². The Morgan fingerprint density at radius 1 is 0.909 bits per heavy atom. The lowest BCUT2D eigenvalue weighted by atomic mass is 9.81. The maximum atomic E-state index is 2.62. The molecule has 22 heavy (non-hydrogen) atoms. The molecule has 0 unspecified atom stereocenters. The summed E-state index contributed by atoms with van der Waals surface area (Å²) in [6, 6.07) is 7.16. The summed E-state index contributed by atoms with van der Waals surface area (Å²) in [6.45, 7) is 17.8. The summed E-state index contributed by atoms with van der Waals surface area (Å²) >= 11 is 0. The van der Waals surface area contributed by atoms with Crippen molar-refractivity contribution >= 4 is 21.3 Å². The molecule has 0 aromatic heterocycles. The molecular formula is C20H34Si2. The molecule has 4 atom stereocenters. The topological polar surface area (TPSA) is 0 Å². The molecule has 0 spiro atoms. The Labute approximate surface area is 139 Å². The van der Waals surface area contributed by atoms with Crippen molar-refractivity contribution in [1.82, 2.24) is 0 Å². The van der Waals surface area contributed by atoms with Crippen molar-refractivity contribution < 1.29 is 0 Å².